The third-order valence-corrected chi connectivity index (χ3v) is 11.5. The summed E-state index contributed by atoms with van der Waals surface area (Å²) in [6.45, 7) is 6.76. The first kappa shape index (κ1) is 43.9. The molecule has 0 unspecified atom stereocenters. The fraction of sp³-hybridized carbons (Fsp3) is 0.385. The van der Waals surface area contributed by atoms with Gasteiger partial charge in [0.05, 0.1) is 42.6 Å². The summed E-state index contributed by atoms with van der Waals surface area (Å²) in [5, 5.41) is 33.0. The van der Waals surface area contributed by atoms with Crippen LogP contribution in [-0.2, 0) is 27.5 Å². The van der Waals surface area contributed by atoms with Gasteiger partial charge < -0.3 is 43.8 Å². The van der Waals surface area contributed by atoms with Crippen LogP contribution in [0.25, 0.3) is 0 Å². The number of ether oxygens (including phenoxy) is 3. The number of aliphatic carboxylic acids is 1. The van der Waals surface area contributed by atoms with Gasteiger partial charge in [-0.2, -0.15) is 0 Å². The molecule has 4 aliphatic rings. The molecule has 4 aliphatic heterocycles. The Bertz CT molecular complexity index is 2110. The van der Waals surface area contributed by atoms with E-state index in [1.807, 2.05) is 48.5 Å². The number of halogens is 2. The average Bonchev–Trinajstić information content (AvgIpc) is 3.48. The second-order valence-corrected chi connectivity index (χ2v) is 15.3. The van der Waals surface area contributed by atoms with E-state index in [9.17, 15) is 24.7 Å². The van der Waals surface area contributed by atoms with Gasteiger partial charge in [0.2, 0.25) is 0 Å². The summed E-state index contributed by atoms with van der Waals surface area (Å²) in [6.07, 6.45) is 3.51. The Morgan fingerprint density at radius 3 is 1.64 bits per heavy atom. The molecular weight excluding hydrogens is 780 g/mol. The monoisotopic (exact) mass is 822 g/mol. The maximum Gasteiger partial charge on any atom is 1.00 e. The first-order valence-corrected chi connectivity index (χ1v) is 19.6. The van der Waals surface area contributed by atoms with Crippen molar-refractivity contribution in [2.75, 3.05) is 46.4 Å². The molecule has 2 aromatic heterocycles. The fourth-order valence-electron chi connectivity index (χ4n) is 8.26. The molecule has 0 amide bonds. The number of benzene rings is 2. The zero-order chi connectivity index (χ0) is 40.4. The summed E-state index contributed by atoms with van der Waals surface area (Å²) in [6, 6.07) is 16.9. The number of piperazine rings is 2. The Balaban J connectivity index is 0.000000192. The smallest absolute Gasteiger partial charge is 0.548 e. The van der Waals surface area contributed by atoms with E-state index in [2.05, 4.69) is 19.8 Å². The van der Waals surface area contributed by atoms with Crippen LogP contribution >= 0.6 is 23.2 Å². The number of aromatic nitrogens is 2. The molecule has 4 aromatic rings. The number of hydrogen-bond acceptors (Lipinski definition) is 14. The Morgan fingerprint density at radius 1 is 0.759 bits per heavy atom. The number of rotatable bonds is 6. The van der Waals surface area contributed by atoms with Gasteiger partial charge in [0, 0.05) is 84.0 Å². The molecule has 0 bridgehead atoms. The van der Waals surface area contributed by atoms with Crippen molar-refractivity contribution in [1.82, 2.24) is 29.4 Å². The second kappa shape index (κ2) is 19.2. The number of methoxy groups -OCH3 is 1. The molecule has 19 heteroatoms. The molecule has 8 rings (SSSR count). The summed E-state index contributed by atoms with van der Waals surface area (Å²) in [4.78, 5) is 41.0. The van der Waals surface area contributed by atoms with Crippen LogP contribution in [0, 0.1) is 0 Å². The van der Waals surface area contributed by atoms with E-state index >= 15 is 0 Å². The molecule has 6 heterocycles. The molecule has 2 N–H and O–H groups in total. The standard InChI is InChI=1S/C20H23BClN3O4.C19H21BClN3O4.Li/c1-21(27)25-9-8-24(11-16(25)20(26)28-2)19-15-6-5-14(22)10-17(15)29-12-13-4-3-7-23-18(13)19;1-20(27)24-8-7-23(10-15(24)19(25)26)18-14-5-4-13(21)9-16(14)28-11-12-3-2-6-22-17(12)18;/h3-7,10,16,19,27H,8-9,11-12H2,1-2H3;2-6,9,15,18,27H,7-8,10-11H2,1H3,(H,25,26);/q;;+1/p-1/t16-,19-;15-,18-;/m11./s1. The van der Waals surface area contributed by atoms with Gasteiger partial charge in [0.1, 0.15) is 30.8 Å². The topological polar surface area (TPSA) is 164 Å². The molecule has 0 saturated carbocycles. The van der Waals surface area contributed by atoms with E-state index < -0.39 is 32.2 Å². The van der Waals surface area contributed by atoms with Crippen molar-refractivity contribution in [2.45, 2.75) is 51.0 Å². The van der Waals surface area contributed by atoms with E-state index in [0.717, 1.165) is 33.6 Å². The predicted molar refractivity (Wildman–Crippen MR) is 213 cm³/mol. The van der Waals surface area contributed by atoms with Crippen molar-refractivity contribution >= 4 is 49.2 Å². The van der Waals surface area contributed by atoms with Crippen LogP contribution < -0.4 is 33.4 Å². The van der Waals surface area contributed by atoms with Gasteiger partial charge in [-0.25, -0.2) is 0 Å². The molecule has 298 valence electrons. The number of carbonyl (C=O) groups excluding carboxylic acids is 2. The van der Waals surface area contributed by atoms with Gasteiger partial charge in [-0.05, 0) is 50.0 Å². The fourth-order valence-corrected chi connectivity index (χ4v) is 8.58. The summed E-state index contributed by atoms with van der Waals surface area (Å²) in [5.41, 5.74) is 5.54. The average molecular weight is 823 g/mol. The summed E-state index contributed by atoms with van der Waals surface area (Å²) >= 11 is 12.4. The Hall–Kier alpha value is -3.65. The van der Waals surface area contributed by atoms with E-state index in [1.165, 1.54) is 7.11 Å². The Labute approximate surface area is 360 Å². The van der Waals surface area contributed by atoms with Crippen LogP contribution in [0.3, 0.4) is 0 Å². The number of fused-ring (bicyclic) bond motifs is 4. The molecule has 58 heavy (non-hydrogen) atoms. The van der Waals surface area contributed by atoms with Gasteiger partial charge >= 0.3 is 38.9 Å². The van der Waals surface area contributed by atoms with Crippen molar-refractivity contribution in [2.24, 2.45) is 0 Å². The number of carboxylic acid groups (broad SMARTS) is 1. The van der Waals surface area contributed by atoms with Crippen LogP contribution in [0.5, 0.6) is 11.5 Å². The van der Waals surface area contributed by atoms with Crippen molar-refractivity contribution in [1.29, 1.82) is 0 Å². The predicted octanol–water partition coefficient (Wildman–Crippen LogP) is -0.446. The summed E-state index contributed by atoms with van der Waals surface area (Å²) < 4.78 is 17.0. The van der Waals surface area contributed by atoms with Gasteiger partial charge in [-0.3, -0.25) is 24.6 Å². The number of carbonyl (C=O) groups is 2. The molecule has 4 atom stereocenters. The zero-order valence-corrected chi connectivity index (χ0v) is 34.3. The zero-order valence-electron chi connectivity index (χ0n) is 32.8. The third kappa shape index (κ3) is 9.22. The summed E-state index contributed by atoms with van der Waals surface area (Å²) in [5.74, 6) is -0.183. The molecule has 0 radical (unpaired) electrons. The quantitative estimate of drug-likeness (QED) is 0.190. The number of carboxylic acids is 1. The van der Waals surface area contributed by atoms with Gasteiger partial charge in [0.25, 0.3) is 0 Å². The van der Waals surface area contributed by atoms with Crippen molar-refractivity contribution in [3.63, 3.8) is 0 Å². The number of pyridine rings is 2. The van der Waals surface area contributed by atoms with Crippen LogP contribution in [0.4, 0.5) is 0 Å². The SMILES string of the molecule is CB(O)N1CCN([C@@H]2c3ccc(Cl)cc3OCc3cccnc32)C[C@@H]1C(=O)[O-].COC(=O)[C@H]1CN([C@@H]2c3ccc(Cl)cc3OCc3cccnc32)CCN1B(C)O.[Li+]. The van der Waals surface area contributed by atoms with E-state index in [0.29, 0.717) is 67.5 Å². The normalized spacial score (nSPS) is 21.9. The molecule has 0 aliphatic carbocycles. The number of hydrogen-bond donors (Lipinski definition) is 2. The molecule has 0 spiro atoms. The minimum absolute atomic E-state index is 0. The van der Waals surface area contributed by atoms with Crippen molar-refractivity contribution in [3.05, 3.63) is 117 Å². The number of nitrogens with zero attached hydrogens (tertiary/aromatic N) is 6. The first-order valence-electron chi connectivity index (χ1n) is 18.8. The van der Waals surface area contributed by atoms with Crippen LogP contribution in [0.2, 0.25) is 23.7 Å². The maximum atomic E-state index is 12.5. The molecule has 2 aromatic carbocycles. The Kier molecular flexibility index (Phi) is 14.5. The van der Waals surface area contributed by atoms with Gasteiger partial charge in [-0.1, -0.05) is 47.5 Å². The molecule has 14 nitrogen and oxygen atoms in total. The minimum Gasteiger partial charge on any atom is -0.548 e. The van der Waals surface area contributed by atoms with E-state index in [-0.39, 0.29) is 43.5 Å². The minimum atomic E-state index is -1.20. The number of esters is 1. The van der Waals surface area contributed by atoms with Crippen LogP contribution in [0.15, 0.2) is 73.1 Å². The second-order valence-electron chi connectivity index (χ2n) is 14.4. The van der Waals surface area contributed by atoms with Gasteiger partial charge in [0.15, 0.2) is 0 Å². The maximum absolute atomic E-state index is 12.5. The van der Waals surface area contributed by atoms with E-state index in [4.69, 9.17) is 37.4 Å². The van der Waals surface area contributed by atoms with E-state index in [1.54, 1.807) is 47.8 Å². The van der Waals surface area contributed by atoms with Crippen LogP contribution in [0.1, 0.15) is 45.7 Å². The van der Waals surface area contributed by atoms with Crippen molar-refractivity contribution in [3.8, 4) is 11.5 Å². The van der Waals surface area contributed by atoms with Gasteiger partial charge in [-0.15, -0.1) is 0 Å². The largest absolute Gasteiger partial charge is 1.00 e. The Morgan fingerprint density at radius 2 is 1.21 bits per heavy atom. The summed E-state index contributed by atoms with van der Waals surface area (Å²) in [7, 11) is -0.232. The van der Waals surface area contributed by atoms with Crippen LogP contribution in [-0.4, -0.2) is 124 Å². The third-order valence-electron chi connectivity index (χ3n) is 11.0. The first-order chi connectivity index (χ1) is 27.4. The molecule has 2 saturated heterocycles. The molecule has 2 fully saturated rings. The van der Waals surface area contributed by atoms with Crippen molar-refractivity contribution < 1.29 is 57.8 Å². The molecular formula is C39H43B2Cl2LiN6O8.